The highest BCUT2D eigenvalue weighted by molar-refractivity contribution is 7.19. The molecule has 2 aliphatic heterocycles. The van der Waals surface area contributed by atoms with Crippen molar-refractivity contribution >= 4 is 33.4 Å². The summed E-state index contributed by atoms with van der Waals surface area (Å²) < 4.78 is 5.66. The highest BCUT2D eigenvalue weighted by Crippen LogP contribution is 2.32. The molecule has 9 heteroatoms. The van der Waals surface area contributed by atoms with Gasteiger partial charge in [0.1, 0.15) is 5.75 Å². The molecule has 0 aliphatic carbocycles. The second-order valence-corrected chi connectivity index (χ2v) is 9.26. The zero-order chi connectivity index (χ0) is 21.8. The van der Waals surface area contributed by atoms with Gasteiger partial charge in [-0.25, -0.2) is 0 Å². The Morgan fingerprint density at radius 1 is 1.19 bits per heavy atom. The number of amides is 2. The van der Waals surface area contributed by atoms with Crippen molar-refractivity contribution < 1.29 is 14.3 Å². The van der Waals surface area contributed by atoms with Crippen molar-refractivity contribution in [3.8, 4) is 5.75 Å². The molecule has 8 nitrogen and oxygen atoms in total. The number of aromatic nitrogens is 2. The molecular formula is C22H29N5O3S. The Bertz CT molecular complexity index is 914. The molecule has 2 saturated heterocycles. The molecule has 1 aromatic heterocycles. The minimum Gasteiger partial charge on any atom is -0.491 e. The van der Waals surface area contributed by atoms with E-state index in [4.69, 9.17) is 4.74 Å². The quantitative estimate of drug-likeness (QED) is 0.708. The second kappa shape index (κ2) is 9.64. The van der Waals surface area contributed by atoms with Crippen LogP contribution in [0.3, 0.4) is 0 Å². The van der Waals surface area contributed by atoms with E-state index in [0.717, 1.165) is 42.3 Å². The molecule has 1 aromatic carbocycles. The average Bonchev–Trinajstić information content (AvgIpc) is 3.41. The summed E-state index contributed by atoms with van der Waals surface area (Å²) >= 11 is 1.44. The third kappa shape index (κ3) is 5.33. The number of piperidine rings is 1. The van der Waals surface area contributed by atoms with Crippen LogP contribution >= 0.6 is 11.3 Å². The summed E-state index contributed by atoms with van der Waals surface area (Å²) in [6.45, 7) is 6.67. The Kier molecular flexibility index (Phi) is 6.70. The van der Waals surface area contributed by atoms with Crippen molar-refractivity contribution in [2.75, 3.05) is 29.4 Å². The summed E-state index contributed by atoms with van der Waals surface area (Å²) in [5.41, 5.74) is 1.04. The number of nitrogens with one attached hydrogen (secondary N) is 1. The standard InChI is InChI=1S/C22H29N5O3S/c1-15(2)30-18-9-7-16(8-10-18)13-23-20(29)17-5-3-11-26(14-17)21-24-25-22(31-21)27-12-4-6-19(27)28/h7-10,15,17H,3-6,11-14H2,1-2H3,(H,23,29). The number of rotatable bonds is 7. The van der Waals surface area contributed by atoms with E-state index < -0.39 is 0 Å². The minimum absolute atomic E-state index is 0.0617. The molecular weight excluding hydrogens is 414 g/mol. The van der Waals surface area contributed by atoms with Crippen molar-refractivity contribution in [3.63, 3.8) is 0 Å². The van der Waals surface area contributed by atoms with Gasteiger partial charge in [-0.05, 0) is 50.8 Å². The third-order valence-corrected chi connectivity index (χ3v) is 6.54. The molecule has 0 saturated carbocycles. The summed E-state index contributed by atoms with van der Waals surface area (Å²) in [7, 11) is 0. The summed E-state index contributed by atoms with van der Waals surface area (Å²) in [5, 5.41) is 13.0. The van der Waals surface area contributed by atoms with Gasteiger partial charge in [0.25, 0.3) is 0 Å². The molecule has 3 heterocycles. The van der Waals surface area contributed by atoms with Gasteiger partial charge >= 0.3 is 0 Å². The van der Waals surface area contributed by atoms with Gasteiger partial charge in [-0.3, -0.25) is 14.5 Å². The van der Waals surface area contributed by atoms with E-state index in [1.807, 2.05) is 38.1 Å². The van der Waals surface area contributed by atoms with Crippen LogP contribution in [0.15, 0.2) is 24.3 Å². The predicted molar refractivity (Wildman–Crippen MR) is 120 cm³/mol. The molecule has 2 aromatic rings. The summed E-state index contributed by atoms with van der Waals surface area (Å²) in [5.74, 6) is 0.923. The largest absolute Gasteiger partial charge is 0.491 e. The maximum absolute atomic E-state index is 12.8. The first-order chi connectivity index (χ1) is 15.0. The van der Waals surface area contributed by atoms with E-state index in [-0.39, 0.29) is 23.8 Å². The lowest BCUT2D eigenvalue weighted by atomic mass is 9.97. The van der Waals surface area contributed by atoms with Crippen molar-refractivity contribution in [1.29, 1.82) is 0 Å². The summed E-state index contributed by atoms with van der Waals surface area (Å²) in [4.78, 5) is 28.6. The maximum Gasteiger partial charge on any atom is 0.228 e. The third-order valence-electron chi connectivity index (χ3n) is 5.53. The lowest BCUT2D eigenvalue weighted by molar-refractivity contribution is -0.125. The molecule has 31 heavy (non-hydrogen) atoms. The van der Waals surface area contributed by atoms with Gasteiger partial charge in [0, 0.05) is 32.6 Å². The number of hydrogen-bond donors (Lipinski definition) is 1. The minimum atomic E-state index is -0.0851. The number of anilines is 2. The lowest BCUT2D eigenvalue weighted by Crippen LogP contribution is -2.43. The number of carbonyl (C=O) groups excluding carboxylic acids is 2. The van der Waals surface area contributed by atoms with E-state index in [2.05, 4.69) is 20.4 Å². The van der Waals surface area contributed by atoms with Crippen LogP contribution in [0.1, 0.15) is 45.1 Å². The highest BCUT2D eigenvalue weighted by atomic mass is 32.1. The Hall–Kier alpha value is -2.68. The van der Waals surface area contributed by atoms with Gasteiger partial charge in [0.2, 0.25) is 22.1 Å². The topological polar surface area (TPSA) is 87.7 Å². The monoisotopic (exact) mass is 443 g/mol. The molecule has 0 bridgehead atoms. The van der Waals surface area contributed by atoms with Crippen LogP contribution in [-0.4, -0.2) is 47.7 Å². The molecule has 1 atom stereocenters. The Morgan fingerprint density at radius 2 is 1.97 bits per heavy atom. The SMILES string of the molecule is CC(C)Oc1ccc(CNC(=O)C2CCCN(c3nnc(N4CCCC4=O)s3)C2)cc1. The van der Waals surface area contributed by atoms with Crippen LogP contribution in [0, 0.1) is 5.92 Å². The number of carbonyl (C=O) groups is 2. The predicted octanol–water partition coefficient (Wildman–Crippen LogP) is 2.98. The smallest absolute Gasteiger partial charge is 0.228 e. The van der Waals surface area contributed by atoms with E-state index in [1.165, 1.54) is 11.3 Å². The van der Waals surface area contributed by atoms with Crippen molar-refractivity contribution in [2.45, 2.75) is 52.2 Å². The van der Waals surface area contributed by atoms with E-state index in [9.17, 15) is 9.59 Å². The second-order valence-electron chi connectivity index (χ2n) is 8.33. The molecule has 2 amide bonds. The Labute approximate surface area is 186 Å². The molecule has 2 aliphatic rings. The first-order valence-corrected chi connectivity index (χ1v) is 11.7. The lowest BCUT2D eigenvalue weighted by Gasteiger charge is -2.31. The van der Waals surface area contributed by atoms with Crippen molar-refractivity contribution in [3.05, 3.63) is 29.8 Å². The molecule has 1 N–H and O–H groups in total. The van der Waals surface area contributed by atoms with E-state index in [0.29, 0.717) is 31.2 Å². The van der Waals surface area contributed by atoms with Crippen LogP contribution in [0.25, 0.3) is 0 Å². The maximum atomic E-state index is 12.8. The normalized spacial score (nSPS) is 19.2. The van der Waals surface area contributed by atoms with Crippen LogP contribution in [-0.2, 0) is 16.1 Å². The summed E-state index contributed by atoms with van der Waals surface area (Å²) in [6, 6.07) is 7.82. The first kappa shape index (κ1) is 21.5. The molecule has 166 valence electrons. The van der Waals surface area contributed by atoms with Gasteiger partial charge in [-0.1, -0.05) is 23.5 Å². The van der Waals surface area contributed by atoms with Gasteiger partial charge in [-0.15, -0.1) is 10.2 Å². The Morgan fingerprint density at radius 3 is 2.68 bits per heavy atom. The fourth-order valence-corrected chi connectivity index (χ4v) is 4.88. The average molecular weight is 444 g/mol. The zero-order valence-electron chi connectivity index (χ0n) is 18.0. The van der Waals surface area contributed by atoms with Crippen LogP contribution in [0.5, 0.6) is 5.75 Å². The van der Waals surface area contributed by atoms with Crippen molar-refractivity contribution in [2.24, 2.45) is 5.92 Å². The number of ether oxygens (including phenoxy) is 1. The number of hydrogen-bond acceptors (Lipinski definition) is 7. The fraction of sp³-hybridized carbons (Fsp3) is 0.545. The first-order valence-electron chi connectivity index (χ1n) is 10.9. The van der Waals surface area contributed by atoms with Gasteiger partial charge in [-0.2, -0.15) is 0 Å². The number of nitrogens with zero attached hydrogens (tertiary/aromatic N) is 4. The van der Waals surface area contributed by atoms with Crippen LogP contribution in [0.4, 0.5) is 10.3 Å². The van der Waals surface area contributed by atoms with Crippen LogP contribution < -0.4 is 19.9 Å². The van der Waals surface area contributed by atoms with E-state index in [1.54, 1.807) is 4.90 Å². The molecule has 4 rings (SSSR count). The van der Waals surface area contributed by atoms with Gasteiger partial charge in [0.05, 0.1) is 12.0 Å². The molecule has 1 unspecified atom stereocenters. The van der Waals surface area contributed by atoms with Crippen molar-refractivity contribution in [1.82, 2.24) is 15.5 Å². The van der Waals surface area contributed by atoms with E-state index >= 15 is 0 Å². The van der Waals surface area contributed by atoms with Gasteiger partial charge < -0.3 is 15.0 Å². The summed E-state index contributed by atoms with van der Waals surface area (Å²) in [6.07, 6.45) is 3.37. The Balaban J connectivity index is 1.30. The molecule has 0 radical (unpaired) electrons. The number of benzene rings is 1. The zero-order valence-corrected chi connectivity index (χ0v) is 18.9. The molecule has 0 spiro atoms. The molecule has 2 fully saturated rings. The fourth-order valence-electron chi connectivity index (χ4n) is 3.95. The van der Waals surface area contributed by atoms with Gasteiger partial charge in [0.15, 0.2) is 0 Å². The van der Waals surface area contributed by atoms with Crippen LogP contribution in [0.2, 0.25) is 0 Å². The highest BCUT2D eigenvalue weighted by Gasteiger charge is 2.30.